The predicted molar refractivity (Wildman–Crippen MR) is 59.1 cm³/mol. The molecule has 1 heterocycles. The Balaban J connectivity index is 2.10. The highest BCUT2D eigenvalue weighted by atomic mass is 16.7. The standard InChI is InChI=1S/C12H14O6/c13-6-8-9(14)10(15)11(16)12(18-8)17-7-4-2-1-3-5-7/h1-2,4,8-16H,6H2/t8-,9-,10+,11-,12+/m1/s1. The van der Waals surface area contributed by atoms with E-state index in [9.17, 15) is 15.3 Å². The van der Waals surface area contributed by atoms with Crippen molar-refractivity contribution >= 4 is 0 Å². The molecular weight excluding hydrogens is 240 g/mol. The van der Waals surface area contributed by atoms with Gasteiger partial charge in [0.1, 0.15) is 24.4 Å². The Bertz CT molecular complexity index is 428. The molecule has 1 aliphatic heterocycles. The third-order valence-electron chi connectivity index (χ3n) is 2.71. The molecule has 0 saturated carbocycles. The lowest BCUT2D eigenvalue weighted by Crippen LogP contribution is -2.59. The van der Waals surface area contributed by atoms with Crippen LogP contribution in [-0.2, 0) is 9.47 Å². The van der Waals surface area contributed by atoms with Gasteiger partial charge in [-0.2, -0.15) is 0 Å². The Kier molecular flexibility index (Phi) is 4.01. The molecule has 2 rings (SSSR count). The molecule has 6 heteroatoms. The van der Waals surface area contributed by atoms with Crippen LogP contribution in [0, 0.1) is 0 Å². The summed E-state index contributed by atoms with van der Waals surface area (Å²) in [6.45, 7) is -0.491. The fourth-order valence-corrected chi connectivity index (χ4v) is 1.70. The number of allylic oxidation sites excluding steroid dienone is 3. The van der Waals surface area contributed by atoms with Gasteiger partial charge in [0.25, 0.3) is 0 Å². The molecule has 6 nitrogen and oxygen atoms in total. The van der Waals surface area contributed by atoms with Crippen LogP contribution >= 0.6 is 0 Å². The molecule has 4 N–H and O–H groups in total. The SMILES string of the molecule is OC[C@H]1O[C@H](OC2=C=C=CC=C2)[C@H](O)[C@@H](O)[C@@H]1O. The van der Waals surface area contributed by atoms with E-state index >= 15 is 0 Å². The Morgan fingerprint density at radius 1 is 1.22 bits per heavy atom. The quantitative estimate of drug-likeness (QED) is 0.461. The van der Waals surface area contributed by atoms with Crippen LogP contribution in [0.2, 0.25) is 0 Å². The van der Waals surface area contributed by atoms with Gasteiger partial charge < -0.3 is 29.9 Å². The van der Waals surface area contributed by atoms with Gasteiger partial charge in [0.2, 0.25) is 6.29 Å². The zero-order valence-corrected chi connectivity index (χ0v) is 9.43. The second-order valence-corrected chi connectivity index (χ2v) is 3.97. The first kappa shape index (κ1) is 13.1. The van der Waals surface area contributed by atoms with Crippen LogP contribution in [0.4, 0.5) is 0 Å². The largest absolute Gasteiger partial charge is 0.454 e. The van der Waals surface area contributed by atoms with Crippen molar-refractivity contribution in [3.05, 3.63) is 35.4 Å². The van der Waals surface area contributed by atoms with Crippen LogP contribution in [0.5, 0.6) is 0 Å². The average Bonchev–Trinajstić information content (AvgIpc) is 2.40. The van der Waals surface area contributed by atoms with Crippen LogP contribution in [0.3, 0.4) is 0 Å². The van der Waals surface area contributed by atoms with Gasteiger partial charge >= 0.3 is 0 Å². The predicted octanol–water partition coefficient (Wildman–Crippen LogP) is -1.43. The molecule has 0 aromatic carbocycles. The van der Waals surface area contributed by atoms with Crippen LogP contribution in [0.15, 0.2) is 35.4 Å². The lowest BCUT2D eigenvalue weighted by molar-refractivity contribution is -0.290. The highest BCUT2D eigenvalue weighted by Crippen LogP contribution is 2.23. The summed E-state index contributed by atoms with van der Waals surface area (Å²) in [7, 11) is 0. The van der Waals surface area contributed by atoms with Crippen molar-refractivity contribution in [3.8, 4) is 0 Å². The van der Waals surface area contributed by atoms with Crippen molar-refractivity contribution in [2.75, 3.05) is 6.61 Å². The highest BCUT2D eigenvalue weighted by molar-refractivity contribution is 5.21. The molecule has 0 unspecified atom stereocenters. The van der Waals surface area contributed by atoms with Crippen molar-refractivity contribution in [3.63, 3.8) is 0 Å². The van der Waals surface area contributed by atoms with E-state index in [1.165, 1.54) is 0 Å². The fraction of sp³-hybridized carbons (Fsp3) is 0.500. The van der Waals surface area contributed by atoms with Gasteiger partial charge in [-0.05, 0) is 24.0 Å². The van der Waals surface area contributed by atoms with Crippen molar-refractivity contribution in [1.82, 2.24) is 0 Å². The minimum Gasteiger partial charge on any atom is -0.454 e. The molecule has 18 heavy (non-hydrogen) atoms. The van der Waals surface area contributed by atoms with E-state index in [0.717, 1.165) is 0 Å². The first-order valence-corrected chi connectivity index (χ1v) is 5.49. The summed E-state index contributed by atoms with van der Waals surface area (Å²) in [5.41, 5.74) is 5.31. The second kappa shape index (κ2) is 5.52. The number of rotatable bonds is 3. The molecule has 0 radical (unpaired) electrons. The van der Waals surface area contributed by atoms with Crippen LogP contribution in [0.1, 0.15) is 0 Å². The smallest absolute Gasteiger partial charge is 0.230 e. The third kappa shape index (κ3) is 2.56. The van der Waals surface area contributed by atoms with E-state index < -0.39 is 37.3 Å². The molecular formula is C12H14O6. The van der Waals surface area contributed by atoms with Gasteiger partial charge in [0, 0.05) is 0 Å². The normalized spacial score (nSPS) is 38.7. The van der Waals surface area contributed by atoms with Crippen molar-refractivity contribution in [1.29, 1.82) is 0 Å². The highest BCUT2D eigenvalue weighted by Gasteiger charge is 2.44. The van der Waals surface area contributed by atoms with E-state index in [-0.39, 0.29) is 5.76 Å². The van der Waals surface area contributed by atoms with Crippen molar-refractivity contribution < 1.29 is 29.9 Å². The van der Waals surface area contributed by atoms with Crippen molar-refractivity contribution in [2.24, 2.45) is 0 Å². The van der Waals surface area contributed by atoms with E-state index in [2.05, 4.69) is 11.5 Å². The Morgan fingerprint density at radius 3 is 2.61 bits per heavy atom. The molecule has 1 aliphatic carbocycles. The van der Waals surface area contributed by atoms with Crippen LogP contribution in [0.25, 0.3) is 0 Å². The van der Waals surface area contributed by atoms with Crippen LogP contribution < -0.4 is 0 Å². The molecule has 1 fully saturated rings. The molecule has 0 aromatic heterocycles. The first-order chi connectivity index (χ1) is 8.63. The number of ether oxygens (including phenoxy) is 2. The number of hydrogen-bond acceptors (Lipinski definition) is 6. The summed E-state index contributed by atoms with van der Waals surface area (Å²) in [5.74, 6) is 0.279. The second-order valence-electron chi connectivity index (χ2n) is 3.97. The lowest BCUT2D eigenvalue weighted by Gasteiger charge is -2.39. The Morgan fingerprint density at radius 2 is 2.00 bits per heavy atom. The number of aliphatic hydroxyl groups excluding tert-OH is 4. The maximum absolute atomic E-state index is 9.72. The summed E-state index contributed by atoms with van der Waals surface area (Å²) in [6.07, 6.45) is -1.57. The molecule has 1 saturated heterocycles. The van der Waals surface area contributed by atoms with E-state index in [0.29, 0.717) is 0 Å². The fourth-order valence-electron chi connectivity index (χ4n) is 1.70. The molecule has 2 aliphatic rings. The van der Waals surface area contributed by atoms with Gasteiger partial charge in [-0.25, -0.2) is 0 Å². The van der Waals surface area contributed by atoms with E-state index in [4.69, 9.17) is 14.6 Å². The zero-order valence-electron chi connectivity index (χ0n) is 9.43. The topological polar surface area (TPSA) is 99.4 Å². The molecule has 0 spiro atoms. The third-order valence-corrected chi connectivity index (χ3v) is 2.71. The summed E-state index contributed by atoms with van der Waals surface area (Å²) in [6, 6.07) is 0. The van der Waals surface area contributed by atoms with Gasteiger partial charge in [-0.3, -0.25) is 0 Å². The van der Waals surface area contributed by atoms with E-state index in [1.54, 1.807) is 18.2 Å². The maximum atomic E-state index is 9.72. The van der Waals surface area contributed by atoms with Gasteiger partial charge in [0.15, 0.2) is 5.76 Å². The lowest BCUT2D eigenvalue weighted by atomic mass is 9.99. The average molecular weight is 254 g/mol. The minimum absolute atomic E-state index is 0.279. The summed E-state index contributed by atoms with van der Waals surface area (Å²) in [4.78, 5) is 0. The summed E-state index contributed by atoms with van der Waals surface area (Å²) >= 11 is 0. The van der Waals surface area contributed by atoms with Crippen LogP contribution in [-0.4, -0.2) is 57.7 Å². The van der Waals surface area contributed by atoms with Gasteiger partial charge in [-0.15, -0.1) is 0 Å². The minimum atomic E-state index is -1.45. The zero-order chi connectivity index (χ0) is 13.1. The number of aliphatic hydroxyl groups is 4. The summed E-state index contributed by atoms with van der Waals surface area (Å²) in [5, 5.41) is 37.9. The molecule has 0 bridgehead atoms. The molecule has 5 atom stereocenters. The van der Waals surface area contributed by atoms with Gasteiger partial charge in [0.05, 0.1) is 6.61 Å². The monoisotopic (exact) mass is 254 g/mol. The van der Waals surface area contributed by atoms with Gasteiger partial charge in [-0.1, -0.05) is 5.73 Å². The maximum Gasteiger partial charge on any atom is 0.230 e. The Labute approximate surface area is 103 Å². The molecule has 98 valence electrons. The van der Waals surface area contributed by atoms with Crippen molar-refractivity contribution in [2.45, 2.75) is 30.7 Å². The number of hydrogen-bond donors (Lipinski definition) is 4. The Hall–Kier alpha value is -1.36. The summed E-state index contributed by atoms with van der Waals surface area (Å²) < 4.78 is 10.4. The first-order valence-electron chi connectivity index (χ1n) is 5.49. The van der Waals surface area contributed by atoms with E-state index in [1.807, 2.05) is 0 Å². The molecule has 0 amide bonds. The molecule has 0 aromatic rings.